The van der Waals surface area contributed by atoms with E-state index in [9.17, 15) is 0 Å². The molecule has 0 aliphatic rings. The average molecular weight is 154 g/mol. The van der Waals surface area contributed by atoms with Gasteiger partial charge in [0.2, 0.25) is 0 Å². The predicted molar refractivity (Wildman–Crippen MR) is 43.6 cm³/mol. The maximum absolute atomic E-state index is 9.00. The van der Waals surface area contributed by atoms with Crippen LogP contribution in [-0.4, -0.2) is 11.7 Å². The maximum Gasteiger partial charge on any atom is 0.112 e. The Morgan fingerprint density at radius 2 is 2.09 bits per heavy atom. The standard InChI is InChI=1S/C9H14O2/c1-7-4-5-8(11-7)9(2,3)6-10/h4-5,10H,6H2,1-3H3. The second-order valence-corrected chi connectivity index (χ2v) is 3.45. The molecule has 2 nitrogen and oxygen atoms in total. The van der Waals surface area contributed by atoms with Gasteiger partial charge in [-0.1, -0.05) is 13.8 Å². The van der Waals surface area contributed by atoms with E-state index in [4.69, 9.17) is 9.52 Å². The Balaban J connectivity index is 2.92. The molecule has 1 heterocycles. The zero-order chi connectivity index (χ0) is 8.48. The van der Waals surface area contributed by atoms with Crippen LogP contribution in [0.5, 0.6) is 0 Å². The lowest BCUT2D eigenvalue weighted by molar-refractivity contribution is 0.196. The monoisotopic (exact) mass is 154 g/mol. The Bertz CT molecular complexity index is 235. The minimum absolute atomic E-state index is 0.111. The highest BCUT2D eigenvalue weighted by atomic mass is 16.3. The van der Waals surface area contributed by atoms with Crippen LogP contribution in [0.2, 0.25) is 0 Å². The summed E-state index contributed by atoms with van der Waals surface area (Å²) >= 11 is 0. The largest absolute Gasteiger partial charge is 0.466 e. The van der Waals surface area contributed by atoms with Gasteiger partial charge in [-0.15, -0.1) is 0 Å². The number of hydrogen-bond donors (Lipinski definition) is 1. The molecule has 0 aliphatic heterocycles. The highest BCUT2D eigenvalue weighted by Gasteiger charge is 2.22. The van der Waals surface area contributed by atoms with Crippen molar-refractivity contribution in [3.63, 3.8) is 0 Å². The van der Waals surface area contributed by atoms with E-state index in [1.165, 1.54) is 0 Å². The van der Waals surface area contributed by atoms with Crippen LogP contribution in [0, 0.1) is 6.92 Å². The summed E-state index contributed by atoms with van der Waals surface area (Å²) in [7, 11) is 0. The molecule has 0 fully saturated rings. The molecule has 0 spiro atoms. The lowest BCUT2D eigenvalue weighted by atomic mass is 9.92. The van der Waals surface area contributed by atoms with E-state index >= 15 is 0 Å². The zero-order valence-electron chi connectivity index (χ0n) is 7.22. The molecular formula is C9H14O2. The summed E-state index contributed by atoms with van der Waals surface area (Å²) in [5.41, 5.74) is -0.256. The van der Waals surface area contributed by atoms with Crippen LogP contribution in [0.4, 0.5) is 0 Å². The van der Waals surface area contributed by atoms with Gasteiger partial charge in [-0.2, -0.15) is 0 Å². The van der Waals surface area contributed by atoms with Crippen molar-refractivity contribution in [2.75, 3.05) is 6.61 Å². The van der Waals surface area contributed by atoms with E-state index in [0.717, 1.165) is 11.5 Å². The fourth-order valence-corrected chi connectivity index (χ4v) is 0.876. The molecular weight excluding hydrogens is 140 g/mol. The molecule has 1 aromatic heterocycles. The SMILES string of the molecule is Cc1ccc(C(C)(C)CO)o1. The Morgan fingerprint density at radius 3 is 2.45 bits per heavy atom. The van der Waals surface area contributed by atoms with Crippen LogP contribution < -0.4 is 0 Å². The summed E-state index contributed by atoms with van der Waals surface area (Å²) in [5, 5.41) is 9.00. The smallest absolute Gasteiger partial charge is 0.112 e. The van der Waals surface area contributed by atoms with Gasteiger partial charge in [0.15, 0.2) is 0 Å². The van der Waals surface area contributed by atoms with Crippen molar-refractivity contribution in [3.05, 3.63) is 23.7 Å². The van der Waals surface area contributed by atoms with Gasteiger partial charge in [0.1, 0.15) is 11.5 Å². The van der Waals surface area contributed by atoms with E-state index < -0.39 is 0 Å². The fraction of sp³-hybridized carbons (Fsp3) is 0.556. The summed E-state index contributed by atoms with van der Waals surface area (Å²) in [6.07, 6.45) is 0. The molecule has 1 rings (SSSR count). The summed E-state index contributed by atoms with van der Waals surface area (Å²) in [6.45, 7) is 5.91. The summed E-state index contributed by atoms with van der Waals surface area (Å²) in [6, 6.07) is 3.82. The Kier molecular flexibility index (Phi) is 2.05. The van der Waals surface area contributed by atoms with Crippen LogP contribution in [0.3, 0.4) is 0 Å². The van der Waals surface area contributed by atoms with E-state index in [1.807, 2.05) is 32.9 Å². The molecule has 1 aromatic rings. The molecule has 0 aromatic carbocycles. The first-order valence-electron chi connectivity index (χ1n) is 3.74. The summed E-state index contributed by atoms with van der Waals surface area (Å²) in [4.78, 5) is 0. The van der Waals surface area contributed by atoms with Gasteiger partial charge in [0.05, 0.1) is 6.61 Å². The van der Waals surface area contributed by atoms with Crippen LogP contribution in [-0.2, 0) is 5.41 Å². The molecule has 0 saturated carbocycles. The molecule has 0 saturated heterocycles. The normalized spacial score (nSPS) is 12.0. The lowest BCUT2D eigenvalue weighted by Crippen LogP contribution is -2.20. The molecule has 0 amide bonds. The van der Waals surface area contributed by atoms with Gasteiger partial charge in [-0.3, -0.25) is 0 Å². The number of furan rings is 1. The molecule has 0 radical (unpaired) electrons. The van der Waals surface area contributed by atoms with Crippen LogP contribution in [0.15, 0.2) is 16.5 Å². The minimum Gasteiger partial charge on any atom is -0.466 e. The van der Waals surface area contributed by atoms with Gasteiger partial charge in [-0.05, 0) is 19.1 Å². The lowest BCUT2D eigenvalue weighted by Gasteiger charge is -2.17. The van der Waals surface area contributed by atoms with Gasteiger partial charge in [-0.25, -0.2) is 0 Å². The van der Waals surface area contributed by atoms with Crippen molar-refractivity contribution in [1.29, 1.82) is 0 Å². The molecule has 0 aliphatic carbocycles. The van der Waals surface area contributed by atoms with Crippen molar-refractivity contribution in [1.82, 2.24) is 0 Å². The maximum atomic E-state index is 9.00. The summed E-state index contributed by atoms with van der Waals surface area (Å²) < 4.78 is 5.38. The van der Waals surface area contributed by atoms with E-state index in [2.05, 4.69) is 0 Å². The number of aliphatic hydroxyl groups excluding tert-OH is 1. The van der Waals surface area contributed by atoms with Crippen LogP contribution >= 0.6 is 0 Å². The van der Waals surface area contributed by atoms with Crippen molar-refractivity contribution >= 4 is 0 Å². The number of aryl methyl sites for hydroxylation is 1. The van der Waals surface area contributed by atoms with Crippen molar-refractivity contribution in [3.8, 4) is 0 Å². The van der Waals surface area contributed by atoms with Crippen LogP contribution in [0.25, 0.3) is 0 Å². The Labute approximate surface area is 66.8 Å². The average Bonchev–Trinajstić information content (AvgIpc) is 2.36. The van der Waals surface area contributed by atoms with Crippen LogP contribution in [0.1, 0.15) is 25.4 Å². The van der Waals surface area contributed by atoms with Gasteiger partial charge in [0, 0.05) is 5.41 Å². The topological polar surface area (TPSA) is 33.4 Å². The van der Waals surface area contributed by atoms with Crippen molar-refractivity contribution < 1.29 is 9.52 Å². The quantitative estimate of drug-likeness (QED) is 0.705. The highest BCUT2D eigenvalue weighted by Crippen LogP contribution is 2.23. The number of hydrogen-bond acceptors (Lipinski definition) is 2. The van der Waals surface area contributed by atoms with Gasteiger partial charge >= 0.3 is 0 Å². The predicted octanol–water partition coefficient (Wildman–Crippen LogP) is 1.86. The van der Waals surface area contributed by atoms with Crippen molar-refractivity contribution in [2.45, 2.75) is 26.2 Å². The first-order valence-corrected chi connectivity index (χ1v) is 3.74. The first kappa shape index (κ1) is 8.34. The summed E-state index contributed by atoms with van der Waals surface area (Å²) in [5.74, 6) is 1.74. The molecule has 0 unspecified atom stereocenters. The molecule has 1 N–H and O–H groups in total. The Morgan fingerprint density at radius 1 is 1.45 bits per heavy atom. The molecule has 11 heavy (non-hydrogen) atoms. The third kappa shape index (κ3) is 1.63. The Hall–Kier alpha value is -0.760. The molecule has 62 valence electrons. The second-order valence-electron chi connectivity index (χ2n) is 3.45. The zero-order valence-corrected chi connectivity index (χ0v) is 7.22. The van der Waals surface area contributed by atoms with E-state index in [0.29, 0.717) is 0 Å². The fourth-order valence-electron chi connectivity index (χ4n) is 0.876. The second kappa shape index (κ2) is 2.70. The third-order valence-corrected chi connectivity index (χ3v) is 1.80. The van der Waals surface area contributed by atoms with E-state index in [1.54, 1.807) is 0 Å². The minimum atomic E-state index is -0.256. The molecule has 0 bridgehead atoms. The van der Waals surface area contributed by atoms with E-state index in [-0.39, 0.29) is 12.0 Å². The molecule has 2 heteroatoms. The molecule has 0 atom stereocenters. The van der Waals surface area contributed by atoms with Gasteiger partial charge < -0.3 is 9.52 Å². The third-order valence-electron chi connectivity index (χ3n) is 1.80. The number of aliphatic hydroxyl groups is 1. The highest BCUT2D eigenvalue weighted by molar-refractivity contribution is 5.14. The number of rotatable bonds is 2. The van der Waals surface area contributed by atoms with Crippen molar-refractivity contribution in [2.24, 2.45) is 0 Å². The first-order chi connectivity index (χ1) is 5.06. The van der Waals surface area contributed by atoms with Gasteiger partial charge in [0.25, 0.3) is 0 Å².